The first kappa shape index (κ1) is 25.1. The molecule has 10 heteroatoms. The lowest BCUT2D eigenvalue weighted by molar-refractivity contribution is -0.0364. The lowest BCUT2D eigenvalue weighted by Crippen LogP contribution is -2.47. The monoisotopic (exact) mass is 507 g/mol. The number of likely N-dealkylation sites (tertiary alicyclic amines) is 1. The second-order valence-electron chi connectivity index (χ2n) is 9.43. The van der Waals surface area contributed by atoms with Gasteiger partial charge < -0.3 is 14.6 Å². The van der Waals surface area contributed by atoms with Gasteiger partial charge in [-0.15, -0.1) is 0 Å². The molecular formula is C27H30FN5O4. The molecule has 0 aliphatic carbocycles. The number of halogens is 1. The molecule has 0 radical (unpaired) electrons. The summed E-state index contributed by atoms with van der Waals surface area (Å²) in [6.07, 6.45) is 4.04. The van der Waals surface area contributed by atoms with Crippen LogP contribution < -0.4 is 10.3 Å². The molecule has 4 aromatic rings. The fourth-order valence-electron chi connectivity index (χ4n) is 4.63. The summed E-state index contributed by atoms with van der Waals surface area (Å²) in [5, 5.41) is 16.0. The number of benzene rings is 2. The minimum Gasteiger partial charge on any atom is -0.491 e. The number of hydrogen-bond acceptors (Lipinski definition) is 7. The minimum atomic E-state index is -1.01. The van der Waals surface area contributed by atoms with E-state index in [0.29, 0.717) is 62.5 Å². The van der Waals surface area contributed by atoms with Crippen LogP contribution in [0.1, 0.15) is 18.4 Å². The summed E-state index contributed by atoms with van der Waals surface area (Å²) in [7, 11) is 1.62. The Morgan fingerprint density at radius 2 is 1.78 bits per heavy atom. The SMILES string of the molecule is COCCOc1ccc(-n2ncc3c(=O)n(CC4(O)CCN(Cc5ccc(F)cc5)CC4)cnc32)cc1. The van der Waals surface area contributed by atoms with Crippen molar-refractivity contribution in [2.45, 2.75) is 31.5 Å². The average molecular weight is 508 g/mol. The van der Waals surface area contributed by atoms with Crippen molar-refractivity contribution < 1.29 is 19.0 Å². The summed E-state index contributed by atoms with van der Waals surface area (Å²) in [6.45, 7) is 3.19. The Morgan fingerprint density at radius 3 is 2.49 bits per heavy atom. The van der Waals surface area contributed by atoms with Gasteiger partial charge in [0, 0.05) is 26.7 Å². The van der Waals surface area contributed by atoms with Gasteiger partial charge >= 0.3 is 0 Å². The highest BCUT2D eigenvalue weighted by molar-refractivity contribution is 5.75. The second-order valence-corrected chi connectivity index (χ2v) is 9.43. The molecular weight excluding hydrogens is 477 g/mol. The van der Waals surface area contributed by atoms with Gasteiger partial charge in [-0.05, 0) is 54.8 Å². The summed E-state index contributed by atoms with van der Waals surface area (Å²) < 4.78 is 26.8. The van der Waals surface area contributed by atoms with E-state index >= 15 is 0 Å². The molecule has 0 amide bonds. The number of ether oxygens (including phenoxy) is 2. The standard InChI is InChI=1S/C27H30FN5O4/c1-36-14-15-37-23-8-6-22(7-9-23)33-25-24(16-30-33)26(34)32(19-29-25)18-27(35)10-12-31(13-11-27)17-20-2-4-21(28)5-3-20/h2-9,16,19,35H,10-15,17-18H2,1H3. The average Bonchev–Trinajstić information content (AvgIpc) is 3.34. The first-order valence-corrected chi connectivity index (χ1v) is 12.3. The Labute approximate surface area is 213 Å². The van der Waals surface area contributed by atoms with E-state index in [1.807, 2.05) is 24.3 Å². The lowest BCUT2D eigenvalue weighted by atomic mass is 9.91. The van der Waals surface area contributed by atoms with Gasteiger partial charge in [-0.2, -0.15) is 5.10 Å². The zero-order valence-electron chi connectivity index (χ0n) is 20.7. The lowest BCUT2D eigenvalue weighted by Gasteiger charge is -2.38. The number of aromatic nitrogens is 4. The first-order valence-electron chi connectivity index (χ1n) is 12.3. The van der Waals surface area contributed by atoms with Crippen LogP contribution in [0, 0.1) is 5.82 Å². The fraction of sp³-hybridized carbons (Fsp3) is 0.370. The third-order valence-electron chi connectivity index (χ3n) is 6.76. The largest absolute Gasteiger partial charge is 0.491 e. The van der Waals surface area contributed by atoms with Crippen molar-refractivity contribution in [1.29, 1.82) is 0 Å². The summed E-state index contributed by atoms with van der Waals surface area (Å²) in [5.74, 6) is 0.462. The van der Waals surface area contributed by atoms with E-state index in [1.165, 1.54) is 29.2 Å². The quantitative estimate of drug-likeness (QED) is 0.348. The van der Waals surface area contributed by atoms with E-state index in [0.717, 1.165) is 11.3 Å². The van der Waals surface area contributed by atoms with Crippen molar-refractivity contribution in [3.63, 3.8) is 0 Å². The first-order chi connectivity index (χ1) is 17.9. The summed E-state index contributed by atoms with van der Waals surface area (Å²) in [4.78, 5) is 19.9. The van der Waals surface area contributed by atoms with E-state index in [2.05, 4.69) is 15.0 Å². The summed E-state index contributed by atoms with van der Waals surface area (Å²) >= 11 is 0. The molecule has 1 N–H and O–H groups in total. The van der Waals surface area contributed by atoms with Crippen LogP contribution >= 0.6 is 0 Å². The molecule has 2 aromatic carbocycles. The van der Waals surface area contributed by atoms with Gasteiger partial charge in [-0.1, -0.05) is 12.1 Å². The molecule has 9 nitrogen and oxygen atoms in total. The van der Waals surface area contributed by atoms with Crippen molar-refractivity contribution in [3.8, 4) is 11.4 Å². The third kappa shape index (κ3) is 5.71. The van der Waals surface area contributed by atoms with Crippen LogP contribution in [-0.4, -0.2) is 68.4 Å². The zero-order chi connectivity index (χ0) is 25.8. The Balaban J connectivity index is 1.25. The molecule has 0 spiro atoms. The topological polar surface area (TPSA) is 94.6 Å². The van der Waals surface area contributed by atoms with E-state index in [-0.39, 0.29) is 17.9 Å². The number of nitrogens with zero attached hydrogens (tertiary/aromatic N) is 5. The van der Waals surface area contributed by atoms with Crippen LogP contribution in [0.4, 0.5) is 4.39 Å². The number of hydrogen-bond donors (Lipinski definition) is 1. The smallest absolute Gasteiger partial charge is 0.264 e. The Hall–Kier alpha value is -3.60. The molecule has 1 aliphatic heterocycles. The normalized spacial score (nSPS) is 15.8. The maximum Gasteiger partial charge on any atom is 0.264 e. The van der Waals surface area contributed by atoms with Gasteiger partial charge in [0.25, 0.3) is 5.56 Å². The highest BCUT2D eigenvalue weighted by Crippen LogP contribution is 2.25. The third-order valence-corrected chi connectivity index (χ3v) is 6.76. The molecule has 0 bridgehead atoms. The Bertz CT molecular complexity index is 1390. The van der Waals surface area contributed by atoms with Gasteiger partial charge in [0.2, 0.25) is 0 Å². The van der Waals surface area contributed by atoms with E-state index in [9.17, 15) is 14.3 Å². The maximum absolute atomic E-state index is 13.2. The van der Waals surface area contributed by atoms with E-state index in [4.69, 9.17) is 9.47 Å². The number of methoxy groups -OCH3 is 1. The van der Waals surface area contributed by atoms with Crippen molar-refractivity contribution >= 4 is 11.0 Å². The molecule has 1 fully saturated rings. The molecule has 2 aromatic heterocycles. The minimum absolute atomic E-state index is 0.165. The van der Waals surface area contributed by atoms with Crippen LogP contribution in [0.2, 0.25) is 0 Å². The Morgan fingerprint density at radius 1 is 1.05 bits per heavy atom. The maximum atomic E-state index is 13.2. The predicted molar refractivity (Wildman–Crippen MR) is 136 cm³/mol. The Kier molecular flexibility index (Phi) is 7.31. The van der Waals surface area contributed by atoms with Crippen LogP contribution in [0.5, 0.6) is 5.75 Å². The van der Waals surface area contributed by atoms with Gasteiger partial charge in [-0.25, -0.2) is 14.1 Å². The molecule has 0 unspecified atom stereocenters. The zero-order valence-corrected chi connectivity index (χ0v) is 20.7. The van der Waals surface area contributed by atoms with Crippen LogP contribution in [0.3, 0.4) is 0 Å². The van der Waals surface area contributed by atoms with Crippen LogP contribution in [0.25, 0.3) is 16.7 Å². The van der Waals surface area contributed by atoms with Crippen LogP contribution in [-0.2, 0) is 17.8 Å². The fourth-order valence-corrected chi connectivity index (χ4v) is 4.63. The van der Waals surface area contributed by atoms with E-state index < -0.39 is 5.60 Å². The highest BCUT2D eigenvalue weighted by Gasteiger charge is 2.33. The molecule has 1 aliphatic rings. The van der Waals surface area contributed by atoms with Crippen molar-refractivity contribution in [2.24, 2.45) is 0 Å². The predicted octanol–water partition coefficient (Wildman–Crippen LogP) is 2.77. The van der Waals surface area contributed by atoms with Gasteiger partial charge in [-0.3, -0.25) is 14.3 Å². The van der Waals surface area contributed by atoms with Gasteiger partial charge in [0.1, 0.15) is 29.9 Å². The highest BCUT2D eigenvalue weighted by atomic mass is 19.1. The molecule has 0 atom stereocenters. The number of rotatable bonds is 9. The van der Waals surface area contributed by atoms with Gasteiger partial charge in [0.15, 0.2) is 5.65 Å². The molecule has 0 saturated carbocycles. The van der Waals surface area contributed by atoms with Crippen molar-refractivity contribution in [3.05, 3.63) is 82.8 Å². The second kappa shape index (κ2) is 10.8. The van der Waals surface area contributed by atoms with Crippen molar-refractivity contribution in [2.75, 3.05) is 33.4 Å². The summed E-state index contributed by atoms with van der Waals surface area (Å²) in [5.41, 5.74) is 0.995. The van der Waals surface area contributed by atoms with E-state index in [1.54, 1.807) is 23.9 Å². The number of piperidine rings is 1. The van der Waals surface area contributed by atoms with Crippen molar-refractivity contribution in [1.82, 2.24) is 24.2 Å². The molecule has 194 valence electrons. The molecule has 1 saturated heterocycles. The molecule has 37 heavy (non-hydrogen) atoms. The number of fused-ring (bicyclic) bond motifs is 1. The number of aliphatic hydroxyl groups is 1. The molecule has 3 heterocycles. The molecule has 5 rings (SSSR count). The summed E-state index contributed by atoms with van der Waals surface area (Å²) in [6, 6.07) is 13.8. The van der Waals surface area contributed by atoms with Gasteiger partial charge in [0.05, 0.1) is 30.6 Å². The van der Waals surface area contributed by atoms with Crippen LogP contribution in [0.15, 0.2) is 65.8 Å².